The van der Waals surface area contributed by atoms with Crippen LogP contribution in [0.4, 0.5) is 18.9 Å². The Morgan fingerprint density at radius 3 is 2.60 bits per heavy atom. The molecule has 3 nitrogen and oxygen atoms in total. The first-order valence-electron chi connectivity index (χ1n) is 6.29. The first kappa shape index (κ1) is 16.3. The molecule has 20 heavy (non-hydrogen) atoms. The number of nitriles is 1. The second-order valence-corrected chi connectivity index (χ2v) is 4.40. The lowest BCUT2D eigenvalue weighted by molar-refractivity contribution is -0.137. The van der Waals surface area contributed by atoms with Crippen LogP contribution in [0.3, 0.4) is 0 Å². The maximum absolute atomic E-state index is 12.8. The zero-order chi connectivity index (χ0) is 15.2. The van der Waals surface area contributed by atoms with Gasteiger partial charge in [0.05, 0.1) is 17.2 Å². The molecule has 0 aliphatic rings. The number of hydrogen-bond acceptors (Lipinski definition) is 3. The molecule has 0 heterocycles. The van der Waals surface area contributed by atoms with Gasteiger partial charge >= 0.3 is 6.18 Å². The number of ether oxygens (including phenoxy) is 1. The summed E-state index contributed by atoms with van der Waals surface area (Å²) in [6.45, 7) is 2.48. The predicted molar refractivity (Wildman–Crippen MR) is 70.4 cm³/mol. The summed E-state index contributed by atoms with van der Waals surface area (Å²) in [6.07, 6.45) is -3.06. The summed E-state index contributed by atoms with van der Waals surface area (Å²) in [5, 5.41) is 11.8. The molecule has 1 rings (SSSR count). The van der Waals surface area contributed by atoms with Crippen molar-refractivity contribution in [3.63, 3.8) is 0 Å². The number of methoxy groups -OCH3 is 1. The fraction of sp³-hybridized carbons (Fsp3) is 0.500. The van der Waals surface area contributed by atoms with Crippen molar-refractivity contribution in [3.05, 3.63) is 29.3 Å². The van der Waals surface area contributed by atoms with Gasteiger partial charge in [-0.05, 0) is 31.0 Å². The zero-order valence-electron chi connectivity index (χ0n) is 11.4. The Morgan fingerprint density at radius 2 is 2.10 bits per heavy atom. The van der Waals surface area contributed by atoms with E-state index in [4.69, 9.17) is 10.00 Å². The molecular weight excluding hydrogens is 269 g/mol. The lowest BCUT2D eigenvalue weighted by atomic mass is 10.1. The topological polar surface area (TPSA) is 45.0 Å². The van der Waals surface area contributed by atoms with Crippen LogP contribution in [-0.2, 0) is 10.9 Å². The molecule has 0 fully saturated rings. The minimum atomic E-state index is -4.53. The quantitative estimate of drug-likeness (QED) is 0.865. The van der Waals surface area contributed by atoms with Crippen LogP contribution in [0.1, 0.15) is 30.9 Å². The number of anilines is 1. The summed E-state index contributed by atoms with van der Waals surface area (Å²) in [5.41, 5.74) is -0.918. The summed E-state index contributed by atoms with van der Waals surface area (Å²) in [4.78, 5) is 0. The van der Waals surface area contributed by atoms with E-state index in [0.29, 0.717) is 18.7 Å². The van der Waals surface area contributed by atoms with Gasteiger partial charge in [-0.25, -0.2) is 0 Å². The van der Waals surface area contributed by atoms with Gasteiger partial charge in [0.15, 0.2) is 0 Å². The second-order valence-electron chi connectivity index (χ2n) is 4.40. The van der Waals surface area contributed by atoms with Gasteiger partial charge in [0, 0.05) is 25.4 Å². The highest BCUT2D eigenvalue weighted by Gasteiger charge is 2.33. The predicted octanol–water partition coefficient (Wildman–Crippen LogP) is 3.80. The van der Waals surface area contributed by atoms with Crippen LogP contribution in [-0.4, -0.2) is 19.8 Å². The Balaban J connectivity index is 2.95. The molecule has 110 valence electrons. The van der Waals surface area contributed by atoms with Crippen molar-refractivity contribution in [2.24, 2.45) is 0 Å². The highest BCUT2D eigenvalue weighted by molar-refractivity contribution is 5.53. The van der Waals surface area contributed by atoms with E-state index in [1.807, 2.05) is 6.92 Å². The highest BCUT2D eigenvalue weighted by Crippen LogP contribution is 2.33. The van der Waals surface area contributed by atoms with E-state index in [1.54, 1.807) is 13.2 Å². The third-order valence-corrected chi connectivity index (χ3v) is 2.98. The molecule has 0 amide bonds. The molecule has 1 N–H and O–H groups in total. The van der Waals surface area contributed by atoms with Crippen molar-refractivity contribution in [2.75, 3.05) is 19.0 Å². The fourth-order valence-corrected chi connectivity index (χ4v) is 1.84. The summed E-state index contributed by atoms with van der Waals surface area (Å²) in [7, 11) is 1.58. The number of hydrogen-bond donors (Lipinski definition) is 1. The summed E-state index contributed by atoms with van der Waals surface area (Å²) in [5.74, 6) is 0. The van der Waals surface area contributed by atoms with Crippen molar-refractivity contribution in [3.8, 4) is 6.07 Å². The average molecular weight is 286 g/mol. The number of alkyl halides is 3. The van der Waals surface area contributed by atoms with Crippen LogP contribution >= 0.6 is 0 Å². The molecule has 0 aliphatic carbocycles. The molecule has 0 spiro atoms. The SMILES string of the molecule is CCC(CCOC)Nc1ccc(C#N)c(C(F)(F)F)c1. The van der Waals surface area contributed by atoms with Crippen LogP contribution in [0.25, 0.3) is 0 Å². The molecule has 0 radical (unpaired) electrons. The standard InChI is InChI=1S/C14H17F3N2O/c1-3-11(6-7-20-2)19-12-5-4-10(9-18)13(8-12)14(15,16)17/h4-5,8,11,19H,3,6-7H2,1-2H3. The Kier molecular flexibility index (Phi) is 5.83. The van der Waals surface area contributed by atoms with Gasteiger partial charge in [-0.3, -0.25) is 0 Å². The van der Waals surface area contributed by atoms with E-state index in [0.717, 1.165) is 12.5 Å². The fourth-order valence-electron chi connectivity index (χ4n) is 1.84. The minimum Gasteiger partial charge on any atom is -0.385 e. The van der Waals surface area contributed by atoms with Crippen LogP contribution in [0.2, 0.25) is 0 Å². The van der Waals surface area contributed by atoms with E-state index >= 15 is 0 Å². The average Bonchev–Trinajstić information content (AvgIpc) is 2.42. The van der Waals surface area contributed by atoms with Gasteiger partial charge in [-0.1, -0.05) is 6.92 Å². The highest BCUT2D eigenvalue weighted by atomic mass is 19.4. The third-order valence-electron chi connectivity index (χ3n) is 2.98. The molecule has 0 aromatic heterocycles. The number of nitrogens with zero attached hydrogens (tertiary/aromatic N) is 1. The summed E-state index contributed by atoms with van der Waals surface area (Å²) < 4.78 is 43.5. The van der Waals surface area contributed by atoms with Crippen molar-refractivity contribution >= 4 is 5.69 Å². The first-order valence-corrected chi connectivity index (χ1v) is 6.29. The van der Waals surface area contributed by atoms with Gasteiger partial charge in [0.25, 0.3) is 0 Å². The van der Waals surface area contributed by atoms with Gasteiger partial charge in [0.2, 0.25) is 0 Å². The van der Waals surface area contributed by atoms with Crippen LogP contribution < -0.4 is 5.32 Å². The number of benzene rings is 1. The molecular formula is C14H17F3N2O. The van der Waals surface area contributed by atoms with Crippen molar-refractivity contribution < 1.29 is 17.9 Å². The van der Waals surface area contributed by atoms with Gasteiger partial charge < -0.3 is 10.1 Å². The third kappa shape index (κ3) is 4.42. The Bertz CT molecular complexity index is 480. The van der Waals surface area contributed by atoms with E-state index in [-0.39, 0.29) is 11.6 Å². The minimum absolute atomic E-state index is 0.0315. The molecule has 1 aromatic carbocycles. The number of halogens is 3. The second kappa shape index (κ2) is 7.15. The number of nitrogens with one attached hydrogen (secondary N) is 1. The van der Waals surface area contributed by atoms with Crippen molar-refractivity contribution in [1.82, 2.24) is 0 Å². The molecule has 0 saturated heterocycles. The van der Waals surface area contributed by atoms with Crippen molar-refractivity contribution in [1.29, 1.82) is 5.26 Å². The lowest BCUT2D eigenvalue weighted by Crippen LogP contribution is -2.21. The Hall–Kier alpha value is -1.74. The largest absolute Gasteiger partial charge is 0.417 e. The zero-order valence-corrected chi connectivity index (χ0v) is 11.4. The van der Waals surface area contributed by atoms with Gasteiger partial charge in [-0.15, -0.1) is 0 Å². The van der Waals surface area contributed by atoms with E-state index in [2.05, 4.69) is 5.32 Å². The van der Waals surface area contributed by atoms with Crippen LogP contribution in [0.15, 0.2) is 18.2 Å². The maximum Gasteiger partial charge on any atom is 0.417 e. The molecule has 1 unspecified atom stereocenters. The Labute approximate surface area is 116 Å². The van der Waals surface area contributed by atoms with Gasteiger partial charge in [-0.2, -0.15) is 18.4 Å². The van der Waals surface area contributed by atoms with E-state index in [9.17, 15) is 13.2 Å². The van der Waals surface area contributed by atoms with E-state index < -0.39 is 11.7 Å². The van der Waals surface area contributed by atoms with Crippen LogP contribution in [0, 0.1) is 11.3 Å². The summed E-state index contributed by atoms with van der Waals surface area (Å²) in [6, 6.07) is 5.25. The van der Waals surface area contributed by atoms with Crippen LogP contribution in [0.5, 0.6) is 0 Å². The number of rotatable bonds is 6. The Morgan fingerprint density at radius 1 is 1.40 bits per heavy atom. The molecule has 1 aromatic rings. The van der Waals surface area contributed by atoms with E-state index in [1.165, 1.54) is 12.1 Å². The molecule has 6 heteroatoms. The molecule has 1 atom stereocenters. The maximum atomic E-state index is 12.8. The smallest absolute Gasteiger partial charge is 0.385 e. The first-order chi connectivity index (χ1) is 9.42. The molecule has 0 saturated carbocycles. The molecule has 0 aliphatic heterocycles. The van der Waals surface area contributed by atoms with Gasteiger partial charge in [0.1, 0.15) is 0 Å². The molecule has 0 bridgehead atoms. The monoisotopic (exact) mass is 286 g/mol. The van der Waals surface area contributed by atoms with Crippen molar-refractivity contribution in [2.45, 2.75) is 32.0 Å². The summed E-state index contributed by atoms with van der Waals surface area (Å²) >= 11 is 0. The normalized spacial score (nSPS) is 12.8. The lowest BCUT2D eigenvalue weighted by Gasteiger charge is -2.19.